The normalized spacial score (nSPS) is 13.2. The molecule has 1 aliphatic rings. The van der Waals surface area contributed by atoms with Crippen molar-refractivity contribution in [3.63, 3.8) is 0 Å². The van der Waals surface area contributed by atoms with E-state index in [1.807, 2.05) is 124 Å². The number of unbranched alkanes of at least 4 members (excludes halogenated alkanes) is 2. The molecule has 0 radical (unpaired) electrons. The van der Waals surface area contributed by atoms with Crippen molar-refractivity contribution in [3.05, 3.63) is 137 Å². The van der Waals surface area contributed by atoms with Gasteiger partial charge in [0.1, 0.15) is 22.8 Å². The third-order valence-electron chi connectivity index (χ3n) is 13.0. The van der Waals surface area contributed by atoms with Gasteiger partial charge in [-0.05, 0) is 130 Å². The Hall–Kier alpha value is -6.90. The number of ether oxygens (including phenoxy) is 3. The second-order valence-electron chi connectivity index (χ2n) is 20.7. The van der Waals surface area contributed by atoms with Crippen molar-refractivity contribution in [2.45, 2.75) is 92.1 Å². The van der Waals surface area contributed by atoms with Crippen LogP contribution < -0.4 is 34.5 Å². The number of nitrogens with one attached hydrogen (secondary N) is 1. The minimum Gasteiger partial charge on any atom is -0.537 e. The summed E-state index contributed by atoms with van der Waals surface area (Å²) >= 11 is 0. The van der Waals surface area contributed by atoms with E-state index in [-0.39, 0.29) is 23.1 Å². The molecule has 1 fully saturated rings. The van der Waals surface area contributed by atoms with E-state index in [4.69, 9.17) is 18.6 Å². The number of carbonyl (C=O) groups excluding carboxylic acids is 4. The third-order valence-corrected chi connectivity index (χ3v) is 15.4. The van der Waals surface area contributed by atoms with Crippen LogP contribution in [0.2, 0.25) is 0 Å². The van der Waals surface area contributed by atoms with Crippen LogP contribution in [0.15, 0.2) is 109 Å². The van der Waals surface area contributed by atoms with Gasteiger partial charge in [-0.25, -0.2) is 9.36 Å². The first-order chi connectivity index (χ1) is 34.2. The molecule has 2 heterocycles. The summed E-state index contributed by atoms with van der Waals surface area (Å²) in [5, 5.41) is 5.72. The summed E-state index contributed by atoms with van der Waals surface area (Å²) in [5.74, 6) is 0.615. The van der Waals surface area contributed by atoms with Gasteiger partial charge in [0.05, 0.1) is 36.2 Å². The lowest BCUT2D eigenvalue weighted by atomic mass is 9.83. The number of anilines is 2. The average Bonchev–Trinajstić information content (AvgIpc) is 3.66. The minimum absolute atomic E-state index is 0.212. The predicted octanol–water partition coefficient (Wildman–Crippen LogP) is 9.51. The molecule has 1 aliphatic heterocycles. The summed E-state index contributed by atoms with van der Waals surface area (Å²) < 4.78 is 26.8. The van der Waals surface area contributed by atoms with Crippen LogP contribution in [0.5, 0.6) is 17.2 Å². The maximum Gasteiger partial charge on any atom is 0.419 e. The fraction of sp³-hybridized carbons (Fsp3) is 0.379. The summed E-state index contributed by atoms with van der Waals surface area (Å²) in [6, 6.07) is 34.3. The number of rotatable bonds is 16. The molecule has 3 amide bonds. The number of amides is 3. The Balaban J connectivity index is 1.18. The molecule has 14 heteroatoms. The maximum absolute atomic E-state index is 15.3. The summed E-state index contributed by atoms with van der Waals surface area (Å²) in [7, 11) is 2.78. The van der Waals surface area contributed by atoms with Crippen molar-refractivity contribution >= 4 is 65.5 Å². The number of piperazine rings is 1. The van der Waals surface area contributed by atoms with Crippen molar-refractivity contribution in [1.82, 2.24) is 14.4 Å². The Morgan fingerprint density at radius 2 is 1.39 bits per heavy atom. The molecule has 0 aliphatic carbocycles. The van der Waals surface area contributed by atoms with Gasteiger partial charge in [0.2, 0.25) is 5.91 Å². The molecule has 1 saturated heterocycles. The van der Waals surface area contributed by atoms with Crippen LogP contribution in [0.1, 0.15) is 105 Å². The van der Waals surface area contributed by atoms with Gasteiger partial charge in [0.15, 0.2) is 0 Å². The number of methoxy groups -OCH3 is 1. The molecule has 72 heavy (non-hydrogen) atoms. The number of carbonyl (C=O) groups is 4. The van der Waals surface area contributed by atoms with Crippen molar-refractivity contribution in [1.29, 1.82) is 0 Å². The zero-order valence-corrected chi connectivity index (χ0v) is 45.0. The number of benzene rings is 5. The molecule has 7 rings (SSSR count). The second kappa shape index (κ2) is 22.7. The van der Waals surface area contributed by atoms with Crippen LogP contribution in [0.3, 0.4) is 0 Å². The van der Waals surface area contributed by atoms with Gasteiger partial charge in [-0.3, -0.25) is 14.4 Å². The zero-order chi connectivity index (χ0) is 51.9. The van der Waals surface area contributed by atoms with Crippen molar-refractivity contribution < 1.29 is 37.8 Å². The first-order valence-electron chi connectivity index (χ1n) is 24.9. The molecular formula is C58H71N5O8Si. The number of aryl methyl sites for hydroxylation is 1. The fourth-order valence-corrected chi connectivity index (χ4v) is 11.6. The molecular weight excluding hydrogens is 923 g/mol. The molecule has 0 spiro atoms. The summed E-state index contributed by atoms with van der Waals surface area (Å²) in [6.07, 6.45) is 2.38. The first-order valence-corrected chi connectivity index (χ1v) is 26.5. The van der Waals surface area contributed by atoms with E-state index < -0.39 is 32.1 Å². The predicted molar refractivity (Wildman–Crippen MR) is 290 cm³/mol. The van der Waals surface area contributed by atoms with E-state index >= 15 is 4.79 Å². The van der Waals surface area contributed by atoms with E-state index in [9.17, 15) is 14.4 Å². The van der Waals surface area contributed by atoms with Gasteiger partial charge in [-0.2, -0.15) is 0 Å². The van der Waals surface area contributed by atoms with Crippen LogP contribution in [-0.4, -0.2) is 107 Å². The summed E-state index contributed by atoms with van der Waals surface area (Å²) in [6.45, 7) is 19.3. The Bertz CT molecular complexity index is 2860. The van der Waals surface area contributed by atoms with Crippen LogP contribution in [0.4, 0.5) is 16.2 Å². The number of aromatic nitrogens is 1. The molecule has 1 N–H and O–H groups in total. The van der Waals surface area contributed by atoms with E-state index in [1.165, 1.54) is 7.11 Å². The quantitative estimate of drug-likeness (QED) is 0.0744. The lowest BCUT2D eigenvalue weighted by Gasteiger charge is -2.32. The Morgan fingerprint density at radius 3 is 2.00 bits per heavy atom. The van der Waals surface area contributed by atoms with Gasteiger partial charge < -0.3 is 38.7 Å². The summed E-state index contributed by atoms with van der Waals surface area (Å²) in [5.41, 5.74) is 3.12. The summed E-state index contributed by atoms with van der Waals surface area (Å²) in [4.78, 5) is 62.2. The number of fused-ring (bicyclic) bond motifs is 1. The molecule has 0 unspecified atom stereocenters. The number of nitrogens with zero attached hydrogens (tertiary/aromatic N) is 4. The molecule has 13 nitrogen and oxygen atoms in total. The third kappa shape index (κ3) is 12.4. The Kier molecular flexibility index (Phi) is 16.7. The Labute approximate surface area is 426 Å². The lowest BCUT2D eigenvalue weighted by molar-refractivity contribution is -0.132. The van der Waals surface area contributed by atoms with Gasteiger partial charge in [0.25, 0.3) is 20.9 Å². The maximum atomic E-state index is 15.3. The van der Waals surface area contributed by atoms with Gasteiger partial charge in [-0.1, -0.05) is 87.5 Å². The van der Waals surface area contributed by atoms with Crippen molar-refractivity contribution in [2.24, 2.45) is 0 Å². The van der Waals surface area contributed by atoms with Crippen molar-refractivity contribution in [3.8, 4) is 17.2 Å². The molecule has 0 bridgehead atoms. The van der Waals surface area contributed by atoms with Crippen LogP contribution in [0, 0.1) is 13.8 Å². The van der Waals surface area contributed by atoms with E-state index in [2.05, 4.69) is 38.0 Å². The number of likely N-dealkylation sites (N-methyl/N-ethyl adjacent to an activating group) is 1. The average molecular weight is 994 g/mol. The fourth-order valence-electron chi connectivity index (χ4n) is 9.36. The van der Waals surface area contributed by atoms with Gasteiger partial charge in [-0.15, -0.1) is 0 Å². The van der Waals surface area contributed by atoms with Crippen LogP contribution in [-0.2, 0) is 14.9 Å². The standard InChI is InChI=1S/C58H71N5O8Si/c1-39-26-29-45(49(37-39)69-36-20-14-19-25-50(64)62-34-32-60(9)33-35-62)61(10)55(66)41-27-28-44(48(38-41)68-11)59-54(65)52-47(71-72(42-21-15-12-16-22-42)43-23-17-13-18-24-43)31-30-46-51(52)53(57(3,4)5)40(2)63(46)56(67)70-58(6,7)8/h12-13,15-18,21-24,26-31,37-38,72H,14,19-20,25,32-36H2,1-11H3,(H,59,65). The van der Waals surface area contributed by atoms with Crippen LogP contribution >= 0.6 is 0 Å². The smallest absolute Gasteiger partial charge is 0.419 e. The molecule has 0 saturated carbocycles. The SMILES string of the molecule is COc1cc(C(=O)N(C)c2ccc(C)cc2OCCCCCC(=O)N2CCN(C)CC2)ccc1NC(=O)c1c(O[SiH](c2ccccc2)c2ccccc2)ccc2c1c(C(C)(C)C)c(C)n2C(=O)OC(C)(C)C. The van der Waals surface area contributed by atoms with Gasteiger partial charge >= 0.3 is 6.09 Å². The highest BCUT2D eigenvalue weighted by atomic mass is 28.3. The van der Waals surface area contributed by atoms with Crippen LogP contribution in [0.25, 0.3) is 10.9 Å². The highest BCUT2D eigenvalue weighted by molar-refractivity contribution is 6.80. The minimum atomic E-state index is -2.49. The molecule has 6 aromatic rings. The number of hydrogen-bond donors (Lipinski definition) is 1. The largest absolute Gasteiger partial charge is 0.537 e. The highest BCUT2D eigenvalue weighted by Gasteiger charge is 2.34. The molecule has 380 valence electrons. The second-order valence-corrected chi connectivity index (χ2v) is 23.1. The highest BCUT2D eigenvalue weighted by Crippen LogP contribution is 2.42. The van der Waals surface area contributed by atoms with E-state index in [0.29, 0.717) is 58.1 Å². The topological polar surface area (TPSA) is 132 Å². The van der Waals surface area contributed by atoms with E-state index in [1.54, 1.807) is 40.8 Å². The first kappa shape index (κ1) is 52.9. The molecule has 5 aromatic carbocycles. The van der Waals surface area contributed by atoms with E-state index in [0.717, 1.165) is 66.9 Å². The van der Waals surface area contributed by atoms with Crippen molar-refractivity contribution in [2.75, 3.05) is 64.2 Å². The Morgan fingerprint density at radius 1 is 0.736 bits per heavy atom. The molecule has 0 atom stereocenters. The monoisotopic (exact) mass is 994 g/mol. The zero-order valence-electron chi connectivity index (χ0n) is 43.9. The number of hydrogen-bond acceptors (Lipinski definition) is 9. The molecule has 1 aromatic heterocycles. The lowest BCUT2D eigenvalue weighted by Crippen LogP contribution is -2.47. The van der Waals surface area contributed by atoms with Gasteiger partial charge in [0, 0.05) is 56.3 Å².